The van der Waals surface area contributed by atoms with Gasteiger partial charge in [-0.25, -0.2) is 0 Å². The van der Waals surface area contributed by atoms with Crippen LogP contribution in [0.3, 0.4) is 0 Å². The molecule has 1 heterocycles. The molecular formula is C17H20BKN2O2-. The van der Waals surface area contributed by atoms with Crippen molar-refractivity contribution in [3.63, 3.8) is 0 Å². The number of carbonyl (C=O) groups excluding carboxylic acids is 2. The maximum Gasteiger partial charge on any atom is 1.00 e. The molecule has 1 aromatic carbocycles. The van der Waals surface area contributed by atoms with E-state index in [0.717, 1.165) is 37.1 Å². The number of nitrogens with one attached hydrogen (secondary N) is 1. The minimum atomic E-state index is -0.866. The average Bonchev–Trinajstić information content (AvgIpc) is 2.84. The first-order chi connectivity index (χ1) is 9.99. The Labute approximate surface area is 182 Å². The van der Waals surface area contributed by atoms with E-state index in [9.17, 15) is 9.59 Å². The van der Waals surface area contributed by atoms with Crippen molar-refractivity contribution in [2.75, 3.05) is 13.1 Å². The molecule has 1 aromatic rings. The molecule has 23 heavy (non-hydrogen) atoms. The fourth-order valence-electron chi connectivity index (χ4n) is 3.33. The molecule has 3 radical (unpaired) electrons. The third-order valence-electron chi connectivity index (χ3n) is 4.64. The zero-order valence-electron chi connectivity index (χ0n) is 13.7. The topological polar surface area (TPSA) is 61.2 Å². The van der Waals surface area contributed by atoms with Crippen molar-refractivity contribution >= 4 is 20.2 Å². The van der Waals surface area contributed by atoms with Gasteiger partial charge in [-0.15, -0.1) is 5.41 Å². The Kier molecular flexibility index (Phi) is 7.54. The van der Waals surface area contributed by atoms with Gasteiger partial charge in [0.15, 0.2) is 0 Å². The van der Waals surface area contributed by atoms with E-state index < -0.39 is 11.3 Å². The van der Waals surface area contributed by atoms with Crippen LogP contribution in [-0.2, 0) is 17.6 Å². The molecule has 2 amide bonds. The monoisotopic (exact) mass is 334 g/mol. The number of rotatable bonds is 2. The van der Waals surface area contributed by atoms with Crippen LogP contribution in [0.1, 0.15) is 40.7 Å². The maximum atomic E-state index is 12.5. The van der Waals surface area contributed by atoms with Crippen LogP contribution < -0.4 is 51.4 Å². The Balaban J connectivity index is 0.00000132. The van der Waals surface area contributed by atoms with Gasteiger partial charge < -0.3 is 22.4 Å². The zero-order valence-corrected chi connectivity index (χ0v) is 16.9. The van der Waals surface area contributed by atoms with Gasteiger partial charge in [-0.1, -0.05) is 6.07 Å². The summed E-state index contributed by atoms with van der Waals surface area (Å²) in [6, 6.07) is 5.65. The minimum absolute atomic E-state index is 0. The van der Waals surface area contributed by atoms with Crippen LogP contribution in [0.4, 0.5) is 0 Å². The van der Waals surface area contributed by atoms with Gasteiger partial charge in [-0.2, -0.15) is 0 Å². The number of fused-ring (bicyclic) bond motifs is 1. The minimum Gasteiger partial charge on any atom is -0.670 e. The number of amides is 2. The molecule has 1 fully saturated rings. The summed E-state index contributed by atoms with van der Waals surface area (Å²) >= 11 is 0. The number of piperidine rings is 1. The molecule has 1 atom stereocenters. The Hall–Kier alpha value is -0.139. The normalized spacial score (nSPS) is 22.6. The van der Waals surface area contributed by atoms with E-state index in [1.807, 2.05) is 23.1 Å². The van der Waals surface area contributed by atoms with E-state index in [-0.39, 0.29) is 65.7 Å². The van der Waals surface area contributed by atoms with Crippen LogP contribution >= 0.6 is 0 Å². The number of hydrogen-bond donors (Lipinski definition) is 0. The van der Waals surface area contributed by atoms with Gasteiger partial charge in [-0.3, -0.25) is 4.79 Å². The van der Waals surface area contributed by atoms with E-state index in [1.165, 1.54) is 6.42 Å². The Morgan fingerprint density at radius 2 is 1.70 bits per heavy atom. The summed E-state index contributed by atoms with van der Waals surface area (Å²) in [5.41, 5.74) is 9.23. The Bertz CT molecular complexity index is 602. The summed E-state index contributed by atoms with van der Waals surface area (Å²) in [4.78, 5) is 25.8. The quantitative estimate of drug-likeness (QED) is 0.537. The Morgan fingerprint density at radius 1 is 1.09 bits per heavy atom. The summed E-state index contributed by atoms with van der Waals surface area (Å²) in [6.45, 7) is 5.58. The van der Waals surface area contributed by atoms with Crippen LogP contribution in [-0.4, -0.2) is 38.2 Å². The van der Waals surface area contributed by atoms with Crippen molar-refractivity contribution in [3.8, 4) is 0 Å². The molecule has 0 saturated carbocycles. The van der Waals surface area contributed by atoms with Gasteiger partial charge in [0.2, 0.25) is 0 Å². The molecule has 1 aliphatic heterocycles. The summed E-state index contributed by atoms with van der Waals surface area (Å²) in [7, 11) is 0. The molecule has 1 unspecified atom stereocenters. The molecule has 1 N–H and O–H groups in total. The second kappa shape index (κ2) is 8.30. The number of benzene rings is 1. The van der Waals surface area contributed by atoms with Crippen LogP contribution in [0.5, 0.6) is 0 Å². The molecule has 115 valence electrons. The van der Waals surface area contributed by atoms with Crippen LogP contribution in [0.25, 0.3) is 5.73 Å². The summed E-state index contributed by atoms with van der Waals surface area (Å²) in [5, 5.41) is 0. The third-order valence-corrected chi connectivity index (χ3v) is 4.64. The fraction of sp³-hybridized carbons (Fsp3) is 0.471. The van der Waals surface area contributed by atoms with Crippen molar-refractivity contribution < 1.29 is 61.0 Å². The van der Waals surface area contributed by atoms with Gasteiger partial charge in [0, 0.05) is 33.0 Å². The van der Waals surface area contributed by atoms with E-state index >= 15 is 0 Å². The van der Waals surface area contributed by atoms with Gasteiger partial charge >= 0.3 is 51.4 Å². The van der Waals surface area contributed by atoms with Crippen LogP contribution in [0, 0.1) is 12.3 Å². The molecule has 2 aliphatic rings. The van der Waals surface area contributed by atoms with Gasteiger partial charge in [0.25, 0.3) is 5.91 Å². The predicted molar refractivity (Wildman–Crippen MR) is 86.5 cm³/mol. The second-order valence-electron chi connectivity index (χ2n) is 6.30. The van der Waals surface area contributed by atoms with Crippen molar-refractivity contribution in [1.29, 1.82) is 0 Å². The molecule has 0 aromatic heterocycles. The van der Waals surface area contributed by atoms with Gasteiger partial charge in [0.1, 0.15) is 0 Å². The molecular weight excluding hydrogens is 314 g/mol. The first-order valence-corrected chi connectivity index (χ1v) is 7.52. The largest absolute Gasteiger partial charge is 1.00 e. The first kappa shape index (κ1) is 20.9. The van der Waals surface area contributed by atoms with Crippen LogP contribution in [0.15, 0.2) is 18.2 Å². The molecule has 1 saturated heterocycles. The van der Waals surface area contributed by atoms with Crippen molar-refractivity contribution in [2.45, 2.75) is 32.1 Å². The number of likely N-dealkylation sites (tertiary alicyclic amines) is 1. The standard InChI is InChI=1S/C17H21N2O2.B.K/c1-17(16(18)21)10-13-6-5-12(9-14(13)11-17)15(20)19-7-3-2-4-8-19;;/h5-6,9H,1-4,7-8,10-11H2,(H2,18,21);;/q-1;;+1/p-1. The summed E-state index contributed by atoms with van der Waals surface area (Å²) in [6.07, 6.45) is 4.32. The predicted octanol–water partition coefficient (Wildman–Crippen LogP) is -0.566. The first-order valence-electron chi connectivity index (χ1n) is 7.52. The molecule has 6 heteroatoms. The van der Waals surface area contributed by atoms with Crippen molar-refractivity contribution in [2.24, 2.45) is 5.41 Å². The van der Waals surface area contributed by atoms with E-state index in [1.54, 1.807) is 0 Å². The Morgan fingerprint density at radius 3 is 2.30 bits per heavy atom. The molecule has 1 aliphatic carbocycles. The molecule has 0 bridgehead atoms. The van der Waals surface area contributed by atoms with E-state index in [0.29, 0.717) is 18.4 Å². The summed E-state index contributed by atoms with van der Waals surface area (Å²) in [5.74, 6) is -0.543. The van der Waals surface area contributed by atoms with E-state index in [2.05, 4.69) is 6.92 Å². The fourth-order valence-corrected chi connectivity index (χ4v) is 3.33. The second-order valence-corrected chi connectivity index (χ2v) is 6.30. The maximum absolute atomic E-state index is 12.5. The van der Waals surface area contributed by atoms with Crippen molar-refractivity contribution in [3.05, 3.63) is 47.5 Å². The zero-order chi connectivity index (χ0) is 15.0. The van der Waals surface area contributed by atoms with E-state index in [4.69, 9.17) is 5.73 Å². The number of carbonyl (C=O) groups is 2. The number of hydrogen-bond acceptors (Lipinski definition) is 2. The SMILES string of the molecule is [B].[CH2-]C1(C([NH-])=O)Cc2ccc(C(=O)N3CCCCC3)cc2C1.[K+]. The van der Waals surface area contributed by atoms with Gasteiger partial charge in [-0.05, 0) is 55.4 Å². The number of nitrogens with zero attached hydrogens (tertiary/aromatic N) is 1. The van der Waals surface area contributed by atoms with Crippen molar-refractivity contribution in [1.82, 2.24) is 4.90 Å². The average molecular weight is 334 g/mol. The smallest absolute Gasteiger partial charge is 0.670 e. The molecule has 0 spiro atoms. The van der Waals surface area contributed by atoms with Gasteiger partial charge in [0.05, 0.1) is 0 Å². The van der Waals surface area contributed by atoms with Crippen LogP contribution in [0.2, 0.25) is 0 Å². The molecule has 4 nitrogen and oxygen atoms in total. The summed E-state index contributed by atoms with van der Waals surface area (Å²) < 4.78 is 0. The third kappa shape index (κ3) is 4.28. The molecule has 3 rings (SSSR count).